The molecule has 1 aliphatic rings. The van der Waals surface area contributed by atoms with E-state index in [-0.39, 0.29) is 16.4 Å². The third-order valence-corrected chi connectivity index (χ3v) is 3.60. The van der Waals surface area contributed by atoms with E-state index < -0.39 is 0 Å². The van der Waals surface area contributed by atoms with Crippen LogP contribution in [0.1, 0.15) is 11.1 Å². The smallest absolute Gasteiger partial charge is 0.292 e. The van der Waals surface area contributed by atoms with Gasteiger partial charge in [-0.2, -0.15) is 0 Å². The lowest BCUT2D eigenvalue weighted by molar-refractivity contribution is -0.384. The van der Waals surface area contributed by atoms with Crippen molar-refractivity contribution < 1.29 is 9.31 Å². The molecule has 0 saturated heterocycles. The Bertz CT molecular complexity index is 673. The summed E-state index contributed by atoms with van der Waals surface area (Å²) in [5.74, 6) is -0.233. The zero-order valence-electron chi connectivity index (χ0n) is 10.8. The minimum atomic E-state index is -0.366. The van der Waals surface area contributed by atoms with Crippen molar-refractivity contribution in [3.8, 4) is 0 Å². The van der Waals surface area contributed by atoms with Gasteiger partial charge in [-0.3, -0.25) is 10.1 Å². The molecule has 0 spiro atoms. The van der Waals surface area contributed by atoms with Crippen LogP contribution >= 0.6 is 0 Å². The molecule has 20 heavy (non-hydrogen) atoms. The van der Waals surface area contributed by atoms with Crippen LogP contribution in [0.15, 0.2) is 42.5 Å². The number of para-hydroxylation sites is 2. The predicted octanol–water partition coefficient (Wildman–Crippen LogP) is 3.30. The number of fused-ring (bicyclic) bond motifs is 1. The molecule has 5 heteroatoms. The maximum absolute atomic E-state index is 13.2. The normalized spacial score (nSPS) is 13.9. The third kappa shape index (κ3) is 2.22. The van der Waals surface area contributed by atoms with Gasteiger partial charge in [-0.05, 0) is 35.7 Å². The van der Waals surface area contributed by atoms with Crippen molar-refractivity contribution in [1.82, 2.24) is 0 Å². The van der Waals surface area contributed by atoms with E-state index in [4.69, 9.17) is 0 Å². The zero-order chi connectivity index (χ0) is 14.1. The average molecular weight is 272 g/mol. The third-order valence-electron chi connectivity index (χ3n) is 3.60. The van der Waals surface area contributed by atoms with Gasteiger partial charge in [-0.25, -0.2) is 4.39 Å². The molecule has 0 atom stereocenters. The Morgan fingerprint density at radius 1 is 1.15 bits per heavy atom. The molecular formula is C15H13FN2O2. The standard InChI is InChI=1S/C15H13FN2O2/c16-13-6-5-12-10-17(8-7-11(12)9-13)14-3-1-2-4-15(14)18(19)20/h1-6,9H,7-8,10H2. The quantitative estimate of drug-likeness (QED) is 0.622. The highest BCUT2D eigenvalue weighted by molar-refractivity contribution is 5.64. The van der Waals surface area contributed by atoms with Gasteiger partial charge < -0.3 is 4.90 Å². The minimum absolute atomic E-state index is 0.109. The summed E-state index contributed by atoms with van der Waals surface area (Å²) in [6.45, 7) is 1.22. The van der Waals surface area contributed by atoms with Gasteiger partial charge in [-0.1, -0.05) is 18.2 Å². The lowest BCUT2D eigenvalue weighted by Gasteiger charge is -2.30. The number of hydrogen-bond acceptors (Lipinski definition) is 3. The highest BCUT2D eigenvalue weighted by Crippen LogP contribution is 2.31. The Kier molecular flexibility index (Phi) is 3.10. The van der Waals surface area contributed by atoms with Gasteiger partial charge in [0.15, 0.2) is 0 Å². The molecule has 0 aromatic heterocycles. The topological polar surface area (TPSA) is 46.4 Å². The van der Waals surface area contributed by atoms with E-state index in [0.29, 0.717) is 25.2 Å². The fourth-order valence-corrected chi connectivity index (χ4v) is 2.61. The minimum Gasteiger partial charge on any atom is -0.361 e. The predicted molar refractivity (Wildman–Crippen MR) is 74.3 cm³/mol. The fraction of sp³-hybridized carbons (Fsp3) is 0.200. The molecule has 2 aromatic carbocycles. The number of halogens is 1. The summed E-state index contributed by atoms with van der Waals surface area (Å²) in [5.41, 5.74) is 2.74. The van der Waals surface area contributed by atoms with Crippen LogP contribution in [0.25, 0.3) is 0 Å². The molecule has 1 heterocycles. The fourth-order valence-electron chi connectivity index (χ4n) is 2.61. The van der Waals surface area contributed by atoms with Gasteiger partial charge in [0.25, 0.3) is 5.69 Å². The van der Waals surface area contributed by atoms with Crippen LogP contribution in [0.3, 0.4) is 0 Å². The highest BCUT2D eigenvalue weighted by Gasteiger charge is 2.22. The van der Waals surface area contributed by atoms with Crippen molar-refractivity contribution in [2.24, 2.45) is 0 Å². The van der Waals surface area contributed by atoms with Gasteiger partial charge in [-0.15, -0.1) is 0 Å². The Hall–Kier alpha value is -2.43. The van der Waals surface area contributed by atoms with E-state index in [1.54, 1.807) is 30.3 Å². The second kappa shape index (κ2) is 4.92. The van der Waals surface area contributed by atoms with E-state index >= 15 is 0 Å². The van der Waals surface area contributed by atoms with E-state index in [1.165, 1.54) is 12.1 Å². The largest absolute Gasteiger partial charge is 0.361 e. The Balaban J connectivity index is 1.95. The number of nitro groups is 1. The first-order valence-electron chi connectivity index (χ1n) is 6.41. The Morgan fingerprint density at radius 2 is 1.95 bits per heavy atom. The Labute approximate surface area is 115 Å². The molecule has 0 radical (unpaired) electrons. The Morgan fingerprint density at radius 3 is 2.75 bits per heavy atom. The van der Waals surface area contributed by atoms with Crippen LogP contribution in [-0.4, -0.2) is 11.5 Å². The van der Waals surface area contributed by atoms with Gasteiger partial charge in [0.05, 0.1) is 4.92 Å². The number of benzene rings is 2. The van der Waals surface area contributed by atoms with Crippen molar-refractivity contribution in [1.29, 1.82) is 0 Å². The van der Waals surface area contributed by atoms with Crippen molar-refractivity contribution in [2.45, 2.75) is 13.0 Å². The van der Waals surface area contributed by atoms with E-state index in [1.807, 2.05) is 4.90 Å². The molecule has 0 aliphatic carbocycles. The molecule has 102 valence electrons. The summed E-state index contributed by atoms with van der Waals surface area (Å²) in [7, 11) is 0. The summed E-state index contributed by atoms with van der Waals surface area (Å²) >= 11 is 0. The molecule has 0 saturated carbocycles. The van der Waals surface area contributed by atoms with Crippen molar-refractivity contribution >= 4 is 11.4 Å². The van der Waals surface area contributed by atoms with E-state index in [0.717, 1.165) is 11.1 Å². The summed E-state index contributed by atoms with van der Waals surface area (Å²) < 4.78 is 13.2. The summed E-state index contributed by atoms with van der Waals surface area (Å²) in [5, 5.41) is 11.1. The first-order chi connectivity index (χ1) is 9.65. The maximum Gasteiger partial charge on any atom is 0.292 e. The second-order valence-corrected chi connectivity index (χ2v) is 4.83. The van der Waals surface area contributed by atoms with Crippen LogP contribution in [0.5, 0.6) is 0 Å². The molecular weight excluding hydrogens is 259 g/mol. The molecule has 0 unspecified atom stereocenters. The summed E-state index contributed by atoms with van der Waals surface area (Å²) in [6, 6.07) is 11.5. The van der Waals surface area contributed by atoms with Gasteiger partial charge >= 0.3 is 0 Å². The van der Waals surface area contributed by atoms with Gasteiger partial charge in [0.1, 0.15) is 11.5 Å². The maximum atomic E-state index is 13.2. The molecule has 0 bridgehead atoms. The molecule has 0 N–H and O–H groups in total. The first-order valence-corrected chi connectivity index (χ1v) is 6.41. The second-order valence-electron chi connectivity index (χ2n) is 4.83. The molecule has 1 aliphatic heterocycles. The van der Waals surface area contributed by atoms with Crippen molar-refractivity contribution in [3.05, 3.63) is 69.5 Å². The zero-order valence-corrected chi connectivity index (χ0v) is 10.8. The molecule has 0 fully saturated rings. The van der Waals surface area contributed by atoms with Gasteiger partial charge in [0, 0.05) is 19.2 Å². The lowest BCUT2D eigenvalue weighted by atomic mass is 9.99. The number of rotatable bonds is 2. The molecule has 2 aromatic rings. The monoisotopic (exact) mass is 272 g/mol. The lowest BCUT2D eigenvalue weighted by Crippen LogP contribution is -2.30. The molecule has 0 amide bonds. The average Bonchev–Trinajstić information content (AvgIpc) is 2.46. The SMILES string of the molecule is O=[N+]([O-])c1ccccc1N1CCc2cc(F)ccc2C1. The number of nitro benzene ring substituents is 1. The number of nitrogens with zero attached hydrogens (tertiary/aromatic N) is 2. The van der Waals surface area contributed by atoms with Crippen LogP contribution in [0.2, 0.25) is 0 Å². The number of anilines is 1. The van der Waals surface area contributed by atoms with Crippen LogP contribution in [0, 0.1) is 15.9 Å². The first kappa shape index (κ1) is 12.6. The molecule has 4 nitrogen and oxygen atoms in total. The summed E-state index contributed by atoms with van der Waals surface area (Å²) in [4.78, 5) is 12.7. The van der Waals surface area contributed by atoms with Crippen molar-refractivity contribution in [2.75, 3.05) is 11.4 Å². The van der Waals surface area contributed by atoms with Gasteiger partial charge in [0.2, 0.25) is 0 Å². The number of hydrogen-bond donors (Lipinski definition) is 0. The summed E-state index contributed by atoms with van der Waals surface area (Å²) in [6.07, 6.45) is 0.694. The van der Waals surface area contributed by atoms with Crippen molar-refractivity contribution in [3.63, 3.8) is 0 Å². The van der Waals surface area contributed by atoms with Crippen LogP contribution in [-0.2, 0) is 13.0 Å². The molecule has 3 rings (SSSR count). The highest BCUT2D eigenvalue weighted by atomic mass is 19.1. The van der Waals surface area contributed by atoms with E-state index in [9.17, 15) is 14.5 Å². The van der Waals surface area contributed by atoms with Crippen LogP contribution < -0.4 is 4.90 Å². The van der Waals surface area contributed by atoms with E-state index in [2.05, 4.69) is 0 Å². The van der Waals surface area contributed by atoms with Crippen LogP contribution in [0.4, 0.5) is 15.8 Å².